The van der Waals surface area contributed by atoms with Gasteiger partial charge >= 0.3 is 0 Å². The Bertz CT molecular complexity index is 3600. The van der Waals surface area contributed by atoms with E-state index in [0.717, 1.165) is 50.1 Å². The molecule has 0 spiro atoms. The Hall–Kier alpha value is -7.94. The third kappa shape index (κ3) is 5.14. The fourth-order valence-electron chi connectivity index (χ4n) is 11.5. The van der Waals surface area contributed by atoms with E-state index in [1.807, 2.05) is 0 Å². The van der Waals surface area contributed by atoms with E-state index in [2.05, 4.69) is 243 Å². The molecule has 0 unspecified atom stereocenters. The molecule has 11 aromatic rings. The number of hydrogen-bond donors (Lipinski definition) is 0. The molecular formula is C62H43NO. The van der Waals surface area contributed by atoms with Gasteiger partial charge in [-0.1, -0.05) is 190 Å². The first-order chi connectivity index (χ1) is 31.5. The molecule has 1 aromatic heterocycles. The first-order valence-corrected chi connectivity index (χ1v) is 22.3. The van der Waals surface area contributed by atoms with Gasteiger partial charge in [0.05, 0.1) is 11.1 Å². The Labute approximate surface area is 373 Å². The highest BCUT2D eigenvalue weighted by atomic mass is 16.3. The van der Waals surface area contributed by atoms with Crippen LogP contribution in [0.2, 0.25) is 0 Å². The van der Waals surface area contributed by atoms with E-state index < -0.39 is 5.41 Å². The molecule has 2 heteroatoms. The Kier molecular flexibility index (Phi) is 7.90. The van der Waals surface area contributed by atoms with E-state index in [1.165, 1.54) is 66.4 Å². The van der Waals surface area contributed by atoms with Crippen LogP contribution < -0.4 is 4.90 Å². The van der Waals surface area contributed by atoms with Gasteiger partial charge in [-0.3, -0.25) is 0 Å². The molecule has 0 saturated heterocycles. The second-order valence-electron chi connectivity index (χ2n) is 18.0. The zero-order valence-corrected chi connectivity index (χ0v) is 35.7. The number of rotatable bonds is 6. The van der Waals surface area contributed by atoms with Gasteiger partial charge in [-0.25, -0.2) is 0 Å². The van der Waals surface area contributed by atoms with Crippen LogP contribution in [0.4, 0.5) is 17.1 Å². The number of benzene rings is 10. The van der Waals surface area contributed by atoms with Crippen LogP contribution in [0.5, 0.6) is 0 Å². The van der Waals surface area contributed by atoms with E-state index >= 15 is 0 Å². The van der Waals surface area contributed by atoms with Crippen LogP contribution in [0.25, 0.3) is 66.1 Å². The highest BCUT2D eigenvalue weighted by Crippen LogP contribution is 2.57. The molecule has 2 aliphatic rings. The van der Waals surface area contributed by atoms with Gasteiger partial charge in [-0.15, -0.1) is 0 Å². The molecule has 0 fully saturated rings. The standard InChI is InChI=1S/C62H43NO/c1-61(2)52-24-12-8-20-47(52)50-35-34-46(39-55(50)61)63(56-36-37-58-60(51-23-11-15-27-57(51)64-58)59(56)42-29-28-40-16-6-7-17-41(40)38-42)45-32-30-44(31-33-45)62(43-18-4-3-5-19-43)53-25-13-9-21-48(53)49-22-10-14-26-54(49)62/h3-39H,1-2H3. The summed E-state index contributed by atoms with van der Waals surface area (Å²) in [6.07, 6.45) is 0. The van der Waals surface area contributed by atoms with Crippen molar-refractivity contribution in [3.05, 3.63) is 258 Å². The second kappa shape index (κ2) is 13.8. The number of fused-ring (bicyclic) bond motifs is 10. The molecule has 0 radical (unpaired) electrons. The quantitative estimate of drug-likeness (QED) is 0.166. The smallest absolute Gasteiger partial charge is 0.136 e. The van der Waals surface area contributed by atoms with Gasteiger partial charge < -0.3 is 9.32 Å². The monoisotopic (exact) mass is 817 g/mol. The predicted molar refractivity (Wildman–Crippen MR) is 266 cm³/mol. The maximum Gasteiger partial charge on any atom is 0.136 e. The summed E-state index contributed by atoms with van der Waals surface area (Å²) in [5.41, 5.74) is 19.6. The normalized spacial score (nSPS) is 14.0. The predicted octanol–water partition coefficient (Wildman–Crippen LogP) is 16.5. The summed E-state index contributed by atoms with van der Waals surface area (Å²) in [6, 6.07) is 82.9. The third-order valence-corrected chi connectivity index (χ3v) is 14.3. The van der Waals surface area contributed by atoms with Crippen LogP contribution in [-0.2, 0) is 10.8 Å². The number of furan rings is 1. The van der Waals surface area contributed by atoms with Crippen molar-refractivity contribution in [1.82, 2.24) is 0 Å². The molecular weight excluding hydrogens is 775 g/mol. The Morgan fingerprint density at radius 1 is 0.391 bits per heavy atom. The number of nitrogens with zero attached hydrogens (tertiary/aromatic N) is 1. The molecule has 0 amide bonds. The van der Waals surface area contributed by atoms with Gasteiger partial charge in [0.25, 0.3) is 0 Å². The molecule has 64 heavy (non-hydrogen) atoms. The van der Waals surface area contributed by atoms with Gasteiger partial charge in [0.1, 0.15) is 11.2 Å². The van der Waals surface area contributed by atoms with Crippen LogP contribution in [0.1, 0.15) is 47.2 Å². The van der Waals surface area contributed by atoms with Gasteiger partial charge in [0.2, 0.25) is 0 Å². The Morgan fingerprint density at radius 3 is 1.72 bits per heavy atom. The van der Waals surface area contributed by atoms with E-state index in [0.29, 0.717) is 0 Å². The third-order valence-electron chi connectivity index (χ3n) is 14.3. The summed E-state index contributed by atoms with van der Waals surface area (Å²) in [5.74, 6) is 0. The van der Waals surface area contributed by atoms with Crippen LogP contribution >= 0.6 is 0 Å². The van der Waals surface area contributed by atoms with Crippen molar-refractivity contribution in [3.63, 3.8) is 0 Å². The lowest BCUT2D eigenvalue weighted by Crippen LogP contribution is -2.28. The average Bonchev–Trinajstić information content (AvgIpc) is 3.96. The lowest BCUT2D eigenvalue weighted by Gasteiger charge is -2.35. The molecule has 0 saturated carbocycles. The van der Waals surface area contributed by atoms with Crippen LogP contribution in [0.3, 0.4) is 0 Å². The minimum atomic E-state index is -0.494. The highest BCUT2D eigenvalue weighted by molar-refractivity contribution is 6.17. The molecule has 0 bridgehead atoms. The van der Waals surface area contributed by atoms with E-state index in [4.69, 9.17) is 4.42 Å². The van der Waals surface area contributed by atoms with Gasteiger partial charge in [-0.2, -0.15) is 0 Å². The zero-order chi connectivity index (χ0) is 42.6. The first-order valence-electron chi connectivity index (χ1n) is 22.3. The van der Waals surface area contributed by atoms with Crippen LogP contribution in [-0.4, -0.2) is 0 Å². The molecule has 0 N–H and O–H groups in total. The summed E-state index contributed by atoms with van der Waals surface area (Å²) in [4.78, 5) is 2.49. The van der Waals surface area contributed by atoms with Crippen LogP contribution in [0, 0.1) is 0 Å². The summed E-state index contributed by atoms with van der Waals surface area (Å²) in [6.45, 7) is 4.73. The largest absolute Gasteiger partial charge is 0.456 e. The fourth-order valence-corrected chi connectivity index (χ4v) is 11.5. The summed E-state index contributed by atoms with van der Waals surface area (Å²) in [7, 11) is 0. The summed E-state index contributed by atoms with van der Waals surface area (Å²) in [5, 5.41) is 4.63. The van der Waals surface area contributed by atoms with Crippen molar-refractivity contribution in [2.75, 3.05) is 4.90 Å². The van der Waals surface area contributed by atoms with Crippen molar-refractivity contribution in [2.24, 2.45) is 0 Å². The zero-order valence-electron chi connectivity index (χ0n) is 35.7. The molecule has 13 rings (SSSR count). The van der Waals surface area contributed by atoms with Crippen molar-refractivity contribution in [2.45, 2.75) is 24.7 Å². The molecule has 10 aromatic carbocycles. The first kappa shape index (κ1) is 36.7. The number of anilines is 3. The molecule has 302 valence electrons. The lowest BCUT2D eigenvalue weighted by molar-refractivity contribution is 0.660. The maximum atomic E-state index is 6.64. The fraction of sp³-hybridized carbons (Fsp3) is 0.0645. The van der Waals surface area contributed by atoms with E-state index in [9.17, 15) is 0 Å². The lowest BCUT2D eigenvalue weighted by atomic mass is 9.68. The molecule has 1 heterocycles. The summed E-state index contributed by atoms with van der Waals surface area (Å²) >= 11 is 0. The van der Waals surface area contributed by atoms with E-state index in [1.54, 1.807) is 0 Å². The van der Waals surface area contributed by atoms with Crippen molar-refractivity contribution < 1.29 is 4.42 Å². The average molecular weight is 818 g/mol. The topological polar surface area (TPSA) is 16.4 Å². The second-order valence-corrected chi connectivity index (χ2v) is 18.0. The molecule has 2 aliphatic carbocycles. The van der Waals surface area contributed by atoms with E-state index in [-0.39, 0.29) is 5.41 Å². The van der Waals surface area contributed by atoms with Crippen molar-refractivity contribution in [1.29, 1.82) is 0 Å². The molecule has 0 aliphatic heterocycles. The van der Waals surface area contributed by atoms with Crippen molar-refractivity contribution in [3.8, 4) is 33.4 Å². The number of para-hydroxylation sites is 1. The maximum absolute atomic E-state index is 6.64. The molecule has 0 atom stereocenters. The Morgan fingerprint density at radius 2 is 0.969 bits per heavy atom. The minimum Gasteiger partial charge on any atom is -0.456 e. The summed E-state index contributed by atoms with van der Waals surface area (Å²) < 4.78 is 6.64. The minimum absolute atomic E-state index is 0.172. The number of hydrogen-bond acceptors (Lipinski definition) is 2. The Balaban J connectivity index is 1.08. The molecule has 2 nitrogen and oxygen atoms in total. The van der Waals surface area contributed by atoms with Crippen LogP contribution in [0.15, 0.2) is 229 Å². The highest BCUT2D eigenvalue weighted by Gasteiger charge is 2.46. The van der Waals surface area contributed by atoms with Gasteiger partial charge in [-0.05, 0) is 121 Å². The van der Waals surface area contributed by atoms with Gasteiger partial charge in [0, 0.05) is 33.1 Å². The van der Waals surface area contributed by atoms with Crippen molar-refractivity contribution >= 4 is 49.8 Å². The SMILES string of the molecule is CC1(C)c2ccccc2-c2ccc(N(c3ccc(C4(c5ccccc5)c5ccccc5-c5ccccc54)cc3)c3ccc4oc5ccccc5c4c3-c3ccc4ccccc4c3)cc21. The van der Waals surface area contributed by atoms with Gasteiger partial charge in [0.15, 0.2) is 0 Å².